The highest BCUT2D eigenvalue weighted by Crippen LogP contribution is 2.48. The number of nitrogens with zero attached hydrogens (tertiary/aromatic N) is 2. The lowest BCUT2D eigenvalue weighted by Gasteiger charge is -2.23. The molecule has 3 aliphatic rings. The zero-order chi connectivity index (χ0) is 61.7. The molecule has 0 atom stereocenters. The first-order valence-corrected chi connectivity index (χ1v) is 30.7. The molecule has 16 nitrogen and oxygen atoms in total. The van der Waals surface area contributed by atoms with Crippen molar-refractivity contribution in [3.8, 4) is 33.8 Å². The van der Waals surface area contributed by atoms with Crippen LogP contribution in [0, 0.1) is 20.8 Å². The van der Waals surface area contributed by atoms with Gasteiger partial charge in [0.05, 0.1) is 104 Å². The summed E-state index contributed by atoms with van der Waals surface area (Å²) in [6.45, 7) is 11.2. The van der Waals surface area contributed by atoms with Crippen LogP contribution in [0.4, 0.5) is 0 Å². The number of aryl methyl sites for hydroxylation is 3. The predicted octanol–water partition coefficient (Wildman–Crippen LogP) is 17.1. The number of H-pyrrole nitrogens is 1. The first-order chi connectivity index (χ1) is 41.9. The Morgan fingerprint density at radius 1 is 0.506 bits per heavy atom. The van der Waals surface area contributed by atoms with E-state index < -0.39 is 17.5 Å². The van der Waals surface area contributed by atoms with Gasteiger partial charge in [0.15, 0.2) is 0 Å². The average Bonchev–Trinajstić information content (AvgIpc) is 1.66. The fourth-order valence-corrected chi connectivity index (χ4v) is 14.2. The number of nitrogens with one attached hydrogen (secondary N) is 1. The van der Waals surface area contributed by atoms with E-state index in [1.807, 2.05) is 93.1 Å². The van der Waals surface area contributed by atoms with E-state index >= 15 is 0 Å². The van der Waals surface area contributed by atoms with Crippen molar-refractivity contribution in [2.24, 2.45) is 0 Å². The smallest absolute Gasteiger partial charge is 0.338 e. The van der Waals surface area contributed by atoms with Crippen LogP contribution in [-0.2, 0) is 41.6 Å². The number of fused-ring (bicyclic) bond motifs is 3. The molecule has 6 heterocycles. The minimum Gasteiger partial charge on any atom is -0.480 e. The van der Waals surface area contributed by atoms with Crippen molar-refractivity contribution in [1.29, 1.82) is 0 Å². The molecule has 87 heavy (non-hydrogen) atoms. The number of ether oxygens (including phenoxy) is 4. The number of aromatic nitrogens is 3. The molecule has 0 unspecified atom stereocenters. The summed E-state index contributed by atoms with van der Waals surface area (Å²) < 4.78 is 40.5. The fourth-order valence-electron chi connectivity index (χ4n) is 14.2. The zero-order valence-corrected chi connectivity index (χ0v) is 51.7. The van der Waals surface area contributed by atoms with Gasteiger partial charge in [-0.15, -0.1) is 0 Å². The normalized spacial score (nSPS) is 15.2. The summed E-state index contributed by atoms with van der Waals surface area (Å²) in [7, 11) is 4.16. The number of esters is 4. The maximum atomic E-state index is 13.0. The van der Waals surface area contributed by atoms with Gasteiger partial charge < -0.3 is 51.4 Å². The van der Waals surface area contributed by atoms with Gasteiger partial charge >= 0.3 is 29.8 Å². The molecule has 16 heteroatoms. The van der Waals surface area contributed by atoms with Gasteiger partial charge in [-0.3, -0.25) is 9.59 Å². The van der Waals surface area contributed by atoms with E-state index in [2.05, 4.69) is 11.1 Å². The molecule has 3 saturated carbocycles. The number of hydrogen-bond donors (Lipinski definition) is 2. The standard InChI is InChI=1S/C27H33NO5.C23H25NO5.C21H23NO3/c1-17-20(26(30)31-5)11-12-21-23(18-9-7-6-8-10-18)25(19-13-14-32-16-19)28(24(17)21)15-22(29)33-27(2,3)4;1-14-17(23(27)28-2)8-9-18-20(15-6-4-3-5-7-15)22(16-10-11-29-13-16)24(21(14)18)12-19(25)26;1-13-16(21(23)24-2)8-9-17-18(14-6-4-3-5-7-14)20(22-19(13)17)15-10-11-25-12-15/h11-14,16,18H,6-10,15H2,1-5H3;8-11,13,15H,3-7,12H2,1-2H3,(H,25,26);8-12,14,22H,3-7H2,1-2H3. The number of methoxy groups -OCH3 is 3. The van der Waals surface area contributed by atoms with Crippen LogP contribution >= 0.6 is 0 Å². The van der Waals surface area contributed by atoms with E-state index in [-0.39, 0.29) is 31.0 Å². The van der Waals surface area contributed by atoms with E-state index in [0.717, 1.165) is 103 Å². The summed E-state index contributed by atoms with van der Waals surface area (Å²) >= 11 is 0. The Kier molecular flexibility index (Phi) is 18.8. The number of furan rings is 3. The number of aliphatic carboxylic acids is 1. The average molecular weight is 1180 g/mol. The van der Waals surface area contributed by atoms with Crippen molar-refractivity contribution in [2.45, 2.75) is 174 Å². The van der Waals surface area contributed by atoms with Crippen LogP contribution < -0.4 is 0 Å². The summed E-state index contributed by atoms with van der Waals surface area (Å²) in [4.78, 5) is 65.2. The second-order valence-electron chi connectivity index (χ2n) is 24.5. The molecule has 6 aromatic heterocycles. The number of rotatable bonds is 13. The lowest BCUT2D eigenvalue weighted by molar-refractivity contribution is -0.155. The first kappa shape index (κ1) is 61.6. The SMILES string of the molecule is COC(=O)c1ccc2c(C3CCCCC3)c(-c3ccoc3)[nH]c2c1C.COC(=O)c1ccc2c(C3CCCCC3)c(-c3ccoc3)n(CC(=O)O)c2c1C.COC(=O)c1ccc2c(C3CCCCC3)c(-c3ccoc3)n(CC(=O)OC(C)(C)C)c2c1C. The summed E-state index contributed by atoms with van der Waals surface area (Å²) in [6, 6.07) is 17.3. The molecule has 3 aliphatic carbocycles. The molecule has 3 fully saturated rings. The first-order valence-electron chi connectivity index (χ1n) is 30.7. The number of carboxylic acids is 1. The predicted molar refractivity (Wildman–Crippen MR) is 334 cm³/mol. The number of carbonyl (C=O) groups is 5. The molecule has 0 amide bonds. The molecular formula is C71H81N3O13. The van der Waals surface area contributed by atoms with Gasteiger partial charge in [-0.05, 0) is 168 Å². The molecular weight excluding hydrogens is 1100 g/mol. The second kappa shape index (κ2) is 26.6. The largest absolute Gasteiger partial charge is 0.480 e. The van der Waals surface area contributed by atoms with Crippen molar-refractivity contribution in [1.82, 2.24) is 14.1 Å². The number of carboxylic acid groups (broad SMARTS) is 1. The van der Waals surface area contributed by atoms with E-state index in [1.165, 1.54) is 114 Å². The van der Waals surface area contributed by atoms with E-state index in [0.29, 0.717) is 34.4 Å². The molecule has 0 saturated heterocycles. The minimum atomic E-state index is -0.926. The Morgan fingerprint density at radius 3 is 1.26 bits per heavy atom. The van der Waals surface area contributed by atoms with Crippen molar-refractivity contribution in [3.05, 3.63) is 142 Å². The van der Waals surface area contributed by atoms with Gasteiger partial charge in [-0.2, -0.15) is 0 Å². The maximum absolute atomic E-state index is 13.0. The highest BCUT2D eigenvalue weighted by atomic mass is 16.6. The van der Waals surface area contributed by atoms with Crippen LogP contribution in [0.1, 0.15) is 199 Å². The Bertz CT molecular complexity index is 3920. The van der Waals surface area contributed by atoms with Gasteiger partial charge in [0.25, 0.3) is 0 Å². The third-order valence-corrected chi connectivity index (χ3v) is 18.0. The number of hydrogen-bond acceptors (Lipinski definition) is 12. The van der Waals surface area contributed by atoms with Gasteiger partial charge in [0.1, 0.15) is 18.7 Å². The lowest BCUT2D eigenvalue weighted by Crippen LogP contribution is -2.26. The highest BCUT2D eigenvalue weighted by Gasteiger charge is 2.33. The van der Waals surface area contributed by atoms with Gasteiger partial charge in [-0.1, -0.05) is 76.0 Å². The Balaban J connectivity index is 0.000000146. The van der Waals surface area contributed by atoms with Crippen molar-refractivity contribution < 1.29 is 61.3 Å². The van der Waals surface area contributed by atoms with Gasteiger partial charge in [-0.25, -0.2) is 14.4 Å². The zero-order valence-electron chi connectivity index (χ0n) is 51.7. The second-order valence-corrected chi connectivity index (χ2v) is 24.5. The molecule has 12 rings (SSSR count). The van der Waals surface area contributed by atoms with Crippen LogP contribution in [0.3, 0.4) is 0 Å². The molecule has 9 aromatic rings. The molecule has 2 N–H and O–H groups in total. The number of benzene rings is 3. The lowest BCUT2D eigenvalue weighted by atomic mass is 9.82. The van der Waals surface area contributed by atoms with E-state index in [9.17, 15) is 29.1 Å². The molecule has 0 aliphatic heterocycles. The molecule has 0 bridgehead atoms. The van der Waals surface area contributed by atoms with Crippen LogP contribution in [0.5, 0.6) is 0 Å². The molecule has 458 valence electrons. The number of aromatic amines is 1. The minimum absolute atomic E-state index is 0.0481. The number of carbonyl (C=O) groups excluding carboxylic acids is 4. The third-order valence-electron chi connectivity index (χ3n) is 18.0. The third kappa shape index (κ3) is 12.7. The maximum Gasteiger partial charge on any atom is 0.338 e. The Morgan fingerprint density at radius 2 is 0.885 bits per heavy atom. The molecule has 3 aromatic carbocycles. The van der Waals surface area contributed by atoms with Crippen LogP contribution in [0.25, 0.3) is 66.5 Å². The topological polar surface area (TPSA) is 208 Å². The fraction of sp³-hybridized carbons (Fsp3) is 0.423. The summed E-state index contributed by atoms with van der Waals surface area (Å²) in [5.41, 5.74) is 15.8. The highest BCUT2D eigenvalue weighted by molar-refractivity contribution is 6.04. The monoisotopic (exact) mass is 1180 g/mol. The van der Waals surface area contributed by atoms with Crippen LogP contribution in [-0.4, -0.2) is 76.0 Å². The quantitative estimate of drug-likeness (QED) is 0.0814. The van der Waals surface area contributed by atoms with Gasteiger partial charge in [0, 0.05) is 38.4 Å². The van der Waals surface area contributed by atoms with Crippen LogP contribution in [0.2, 0.25) is 0 Å². The van der Waals surface area contributed by atoms with Crippen LogP contribution in [0.15, 0.2) is 105 Å². The van der Waals surface area contributed by atoms with Gasteiger partial charge in [0.2, 0.25) is 0 Å². The Labute approximate surface area is 507 Å². The van der Waals surface area contributed by atoms with Crippen molar-refractivity contribution in [2.75, 3.05) is 21.3 Å². The molecule has 0 spiro atoms. The summed E-state index contributed by atoms with van der Waals surface area (Å²) in [5, 5.41) is 13.0. The van der Waals surface area contributed by atoms with Crippen molar-refractivity contribution in [3.63, 3.8) is 0 Å². The van der Waals surface area contributed by atoms with E-state index in [4.69, 9.17) is 32.2 Å². The summed E-state index contributed by atoms with van der Waals surface area (Å²) in [6.07, 6.45) is 28.0. The molecule has 0 radical (unpaired) electrons. The summed E-state index contributed by atoms with van der Waals surface area (Å²) in [5.74, 6) is -1.05. The Hall–Kier alpha value is -8.53. The van der Waals surface area contributed by atoms with E-state index in [1.54, 1.807) is 43.6 Å². The van der Waals surface area contributed by atoms with Crippen molar-refractivity contribution >= 4 is 62.6 Å².